The van der Waals surface area contributed by atoms with E-state index < -0.39 is 0 Å². The number of allylic oxidation sites excluding steroid dienone is 2. The molecule has 86 valence electrons. The molecule has 0 heterocycles. The highest BCUT2D eigenvalue weighted by atomic mass is 16.3. The summed E-state index contributed by atoms with van der Waals surface area (Å²) in [5.41, 5.74) is 0. The third-order valence-corrected chi connectivity index (χ3v) is 4.64. The number of hydrogen-bond donors (Lipinski definition) is 1. The largest absolute Gasteiger partial charge is 0.396 e. The maximum Gasteiger partial charge on any atom is 0.0467 e. The van der Waals surface area contributed by atoms with Gasteiger partial charge >= 0.3 is 0 Å². The molecule has 0 aromatic carbocycles. The summed E-state index contributed by atoms with van der Waals surface area (Å²) >= 11 is 0. The van der Waals surface area contributed by atoms with Crippen LogP contribution in [-0.4, -0.2) is 11.7 Å². The summed E-state index contributed by atoms with van der Waals surface area (Å²) in [5.74, 6) is 4.17. The van der Waals surface area contributed by atoms with Crippen molar-refractivity contribution in [1.82, 2.24) is 0 Å². The minimum absolute atomic E-state index is 0.366. The highest BCUT2D eigenvalue weighted by Crippen LogP contribution is 2.47. The summed E-state index contributed by atoms with van der Waals surface area (Å²) in [6, 6.07) is 0. The molecule has 0 saturated heterocycles. The SMILES string of the molecule is C[C@@H]1CC2C=C[C@H](C)[C@H](CO)[C@H]2[C@H](C)C1. The molecule has 2 rings (SSSR count). The van der Waals surface area contributed by atoms with Crippen LogP contribution in [0.5, 0.6) is 0 Å². The van der Waals surface area contributed by atoms with Gasteiger partial charge in [0.05, 0.1) is 0 Å². The van der Waals surface area contributed by atoms with Gasteiger partial charge in [0.1, 0.15) is 0 Å². The van der Waals surface area contributed by atoms with Gasteiger partial charge in [0.15, 0.2) is 0 Å². The summed E-state index contributed by atoms with van der Waals surface area (Å²) < 4.78 is 0. The van der Waals surface area contributed by atoms with Crippen molar-refractivity contribution >= 4 is 0 Å². The first-order valence-electron chi connectivity index (χ1n) is 6.42. The number of hydrogen-bond acceptors (Lipinski definition) is 1. The molecule has 1 heteroatoms. The lowest BCUT2D eigenvalue weighted by molar-refractivity contribution is 0.0336. The highest BCUT2D eigenvalue weighted by Gasteiger charge is 2.40. The topological polar surface area (TPSA) is 20.2 Å². The van der Waals surface area contributed by atoms with Crippen molar-refractivity contribution in [2.24, 2.45) is 35.5 Å². The van der Waals surface area contributed by atoms with Gasteiger partial charge in [0.25, 0.3) is 0 Å². The van der Waals surface area contributed by atoms with Gasteiger partial charge in [-0.1, -0.05) is 32.9 Å². The minimum atomic E-state index is 0.366. The molecule has 0 radical (unpaired) electrons. The van der Waals surface area contributed by atoms with Gasteiger partial charge in [-0.2, -0.15) is 0 Å². The van der Waals surface area contributed by atoms with Gasteiger partial charge in [0, 0.05) is 6.61 Å². The standard InChI is InChI=1S/C14H24O/c1-9-6-11(3)14-12(7-9)5-4-10(2)13(14)8-15/h4-5,9-15H,6-8H2,1-3H3/t9-,10-,11+,12?,13-,14-/m0/s1. The number of aliphatic hydroxyl groups is 1. The van der Waals surface area contributed by atoms with Gasteiger partial charge in [0.2, 0.25) is 0 Å². The third-order valence-electron chi connectivity index (χ3n) is 4.64. The zero-order chi connectivity index (χ0) is 11.0. The van der Waals surface area contributed by atoms with Gasteiger partial charge in [-0.15, -0.1) is 0 Å². The lowest BCUT2D eigenvalue weighted by atomic mass is 9.59. The van der Waals surface area contributed by atoms with E-state index in [0.717, 1.165) is 23.7 Å². The van der Waals surface area contributed by atoms with Crippen LogP contribution in [-0.2, 0) is 0 Å². The predicted octanol–water partition coefficient (Wildman–Crippen LogP) is 3.10. The summed E-state index contributed by atoms with van der Waals surface area (Å²) in [6.45, 7) is 7.36. The Kier molecular flexibility index (Phi) is 3.20. The highest BCUT2D eigenvalue weighted by molar-refractivity contribution is 5.07. The van der Waals surface area contributed by atoms with Crippen LogP contribution < -0.4 is 0 Å². The van der Waals surface area contributed by atoms with Gasteiger partial charge < -0.3 is 5.11 Å². The molecule has 2 aliphatic carbocycles. The number of rotatable bonds is 1. The van der Waals surface area contributed by atoms with Crippen LogP contribution in [0.25, 0.3) is 0 Å². The van der Waals surface area contributed by atoms with E-state index in [4.69, 9.17) is 0 Å². The van der Waals surface area contributed by atoms with Crippen LogP contribution in [0.1, 0.15) is 33.6 Å². The summed E-state index contributed by atoms with van der Waals surface area (Å²) in [7, 11) is 0. The quantitative estimate of drug-likeness (QED) is 0.656. The average molecular weight is 208 g/mol. The van der Waals surface area contributed by atoms with Crippen molar-refractivity contribution < 1.29 is 5.11 Å². The Morgan fingerprint density at radius 1 is 1.13 bits per heavy atom. The first-order chi connectivity index (χ1) is 7.13. The van der Waals surface area contributed by atoms with Gasteiger partial charge in [-0.3, -0.25) is 0 Å². The Morgan fingerprint density at radius 3 is 2.53 bits per heavy atom. The second-order valence-electron chi connectivity index (χ2n) is 5.89. The molecule has 1 unspecified atom stereocenters. The molecule has 0 aromatic heterocycles. The van der Waals surface area contributed by atoms with E-state index in [2.05, 4.69) is 32.9 Å². The van der Waals surface area contributed by atoms with Crippen LogP contribution in [0, 0.1) is 35.5 Å². The van der Waals surface area contributed by atoms with Gasteiger partial charge in [-0.05, 0) is 48.3 Å². The van der Waals surface area contributed by atoms with Crippen molar-refractivity contribution in [3.05, 3.63) is 12.2 Å². The van der Waals surface area contributed by atoms with Crippen LogP contribution in [0.4, 0.5) is 0 Å². The zero-order valence-electron chi connectivity index (χ0n) is 10.2. The molecule has 1 fully saturated rings. The molecule has 2 aliphatic rings. The van der Waals surface area contributed by atoms with Crippen LogP contribution in [0.2, 0.25) is 0 Å². The van der Waals surface area contributed by atoms with Crippen molar-refractivity contribution in [3.8, 4) is 0 Å². The Bertz CT molecular complexity index is 246. The molecule has 1 N–H and O–H groups in total. The minimum Gasteiger partial charge on any atom is -0.396 e. The monoisotopic (exact) mass is 208 g/mol. The van der Waals surface area contributed by atoms with Gasteiger partial charge in [-0.25, -0.2) is 0 Å². The number of aliphatic hydroxyl groups excluding tert-OH is 1. The van der Waals surface area contributed by atoms with E-state index >= 15 is 0 Å². The van der Waals surface area contributed by atoms with E-state index in [-0.39, 0.29) is 0 Å². The Morgan fingerprint density at radius 2 is 1.87 bits per heavy atom. The molecule has 1 saturated carbocycles. The average Bonchev–Trinajstić information content (AvgIpc) is 2.18. The predicted molar refractivity (Wildman–Crippen MR) is 63.4 cm³/mol. The molecule has 0 amide bonds. The molecule has 1 nitrogen and oxygen atoms in total. The lowest BCUT2D eigenvalue weighted by Crippen LogP contribution is -2.41. The molecule has 15 heavy (non-hydrogen) atoms. The first kappa shape index (κ1) is 11.2. The lowest BCUT2D eigenvalue weighted by Gasteiger charge is -2.46. The number of fused-ring (bicyclic) bond motifs is 1. The normalized spacial score (nSPS) is 50.1. The van der Waals surface area contributed by atoms with Crippen LogP contribution in [0.15, 0.2) is 12.2 Å². The first-order valence-corrected chi connectivity index (χ1v) is 6.42. The van der Waals surface area contributed by atoms with E-state index in [9.17, 15) is 5.11 Å². The molecule has 0 spiro atoms. The van der Waals surface area contributed by atoms with Crippen molar-refractivity contribution in [2.45, 2.75) is 33.6 Å². The zero-order valence-corrected chi connectivity index (χ0v) is 10.2. The fourth-order valence-electron chi connectivity index (χ4n) is 3.98. The maximum atomic E-state index is 9.55. The summed E-state index contributed by atoms with van der Waals surface area (Å²) in [4.78, 5) is 0. The van der Waals surface area contributed by atoms with Crippen molar-refractivity contribution in [1.29, 1.82) is 0 Å². The van der Waals surface area contributed by atoms with E-state index in [1.807, 2.05) is 0 Å². The second-order valence-corrected chi connectivity index (χ2v) is 5.89. The summed E-state index contributed by atoms with van der Waals surface area (Å²) in [6.07, 6.45) is 7.42. The second kappa shape index (κ2) is 4.29. The Hall–Kier alpha value is -0.300. The Labute approximate surface area is 93.6 Å². The fraction of sp³-hybridized carbons (Fsp3) is 0.857. The smallest absolute Gasteiger partial charge is 0.0467 e. The molecule has 0 bridgehead atoms. The molecular formula is C14H24O. The van der Waals surface area contributed by atoms with E-state index in [1.165, 1.54) is 12.8 Å². The van der Waals surface area contributed by atoms with E-state index in [1.54, 1.807) is 0 Å². The fourth-order valence-corrected chi connectivity index (χ4v) is 3.98. The summed E-state index contributed by atoms with van der Waals surface area (Å²) in [5, 5.41) is 9.55. The van der Waals surface area contributed by atoms with E-state index in [0.29, 0.717) is 18.4 Å². The molecule has 0 aliphatic heterocycles. The van der Waals surface area contributed by atoms with Crippen molar-refractivity contribution in [3.63, 3.8) is 0 Å². The molecule has 6 atom stereocenters. The Balaban J connectivity index is 2.21. The third kappa shape index (κ3) is 1.99. The van der Waals surface area contributed by atoms with Crippen LogP contribution in [0.3, 0.4) is 0 Å². The van der Waals surface area contributed by atoms with Crippen molar-refractivity contribution in [2.75, 3.05) is 6.61 Å². The maximum absolute atomic E-state index is 9.55. The molecular weight excluding hydrogens is 184 g/mol. The molecule has 0 aromatic rings. The van der Waals surface area contributed by atoms with Crippen LogP contribution >= 0.6 is 0 Å².